The van der Waals surface area contributed by atoms with E-state index in [1.54, 1.807) is 12.1 Å². The second-order valence-electron chi connectivity index (χ2n) is 4.87. The van der Waals surface area contributed by atoms with Crippen molar-refractivity contribution in [1.82, 2.24) is 0 Å². The van der Waals surface area contributed by atoms with Crippen LogP contribution in [0.15, 0.2) is 49.0 Å². The number of nitro groups is 1. The van der Waals surface area contributed by atoms with E-state index in [1.807, 2.05) is 18.2 Å². The third-order valence-corrected chi connectivity index (χ3v) is 3.63. The van der Waals surface area contributed by atoms with E-state index in [1.165, 1.54) is 12.1 Å². The largest absolute Gasteiger partial charge is 0.385 e. The maximum Gasteiger partial charge on any atom is 0.270 e. The Kier molecular flexibility index (Phi) is 5.17. The number of hydrogen-bond acceptors (Lipinski definition) is 3. The molecule has 0 atom stereocenters. The molecule has 0 aromatic heterocycles. The fraction of sp³-hybridized carbons (Fsp3) is 0.176. The first-order valence-corrected chi connectivity index (χ1v) is 7.39. The molecule has 114 valence electrons. The van der Waals surface area contributed by atoms with Crippen LogP contribution in [0.2, 0.25) is 5.02 Å². The molecule has 0 saturated carbocycles. The Labute approximate surface area is 134 Å². The van der Waals surface area contributed by atoms with Gasteiger partial charge in [0, 0.05) is 40.5 Å². The summed E-state index contributed by atoms with van der Waals surface area (Å²) in [5.74, 6) is 0. The predicted molar refractivity (Wildman–Crippen MR) is 91.5 cm³/mol. The van der Waals surface area contributed by atoms with E-state index in [0.717, 1.165) is 24.2 Å². The van der Waals surface area contributed by atoms with E-state index in [9.17, 15) is 10.1 Å². The third-order valence-electron chi connectivity index (χ3n) is 3.30. The van der Waals surface area contributed by atoms with Gasteiger partial charge in [0.05, 0.1) is 4.92 Å². The summed E-state index contributed by atoms with van der Waals surface area (Å²) in [6, 6.07) is 12.1. The van der Waals surface area contributed by atoms with E-state index in [-0.39, 0.29) is 5.69 Å². The molecule has 1 N–H and O–H groups in total. The predicted octanol–water partition coefficient (Wildman–Crippen LogP) is 5.13. The molecule has 0 bridgehead atoms. The molecule has 5 heteroatoms. The van der Waals surface area contributed by atoms with E-state index in [2.05, 4.69) is 18.8 Å². The van der Waals surface area contributed by atoms with Gasteiger partial charge in [-0.15, -0.1) is 0 Å². The summed E-state index contributed by atoms with van der Waals surface area (Å²) in [5.41, 5.74) is 2.97. The molecule has 0 spiro atoms. The van der Waals surface area contributed by atoms with Crippen LogP contribution >= 0.6 is 11.6 Å². The Morgan fingerprint density at radius 3 is 2.64 bits per heavy atom. The van der Waals surface area contributed by atoms with Gasteiger partial charge in [-0.1, -0.05) is 43.3 Å². The fourth-order valence-electron chi connectivity index (χ4n) is 2.16. The van der Waals surface area contributed by atoms with Crippen LogP contribution in [0.25, 0.3) is 5.57 Å². The number of rotatable bonds is 6. The average Bonchev–Trinajstić information content (AvgIpc) is 2.52. The molecular weight excluding hydrogens is 300 g/mol. The minimum Gasteiger partial charge on any atom is -0.385 e. The minimum absolute atomic E-state index is 0.0326. The van der Waals surface area contributed by atoms with Crippen LogP contribution in [0.4, 0.5) is 11.4 Å². The fourth-order valence-corrected chi connectivity index (χ4v) is 2.41. The highest BCUT2D eigenvalue weighted by molar-refractivity contribution is 6.32. The zero-order chi connectivity index (χ0) is 16.1. The quantitative estimate of drug-likeness (QED) is 0.593. The third kappa shape index (κ3) is 3.46. The summed E-state index contributed by atoms with van der Waals surface area (Å²) in [6.45, 7) is 6.91. The van der Waals surface area contributed by atoms with Crippen LogP contribution in [0, 0.1) is 10.1 Å². The van der Waals surface area contributed by atoms with Crippen LogP contribution < -0.4 is 5.32 Å². The van der Waals surface area contributed by atoms with Crippen molar-refractivity contribution in [3.63, 3.8) is 0 Å². The normalized spacial score (nSPS) is 10.3. The Bertz CT molecular complexity index is 714. The number of benzene rings is 2. The molecule has 2 aromatic carbocycles. The van der Waals surface area contributed by atoms with Crippen molar-refractivity contribution < 1.29 is 4.92 Å². The molecule has 0 aliphatic carbocycles. The number of nitrogens with one attached hydrogen (secondary N) is 1. The lowest BCUT2D eigenvalue weighted by atomic mass is 9.97. The van der Waals surface area contributed by atoms with Gasteiger partial charge in [-0.05, 0) is 24.1 Å². The SMILES string of the molecule is C=C(c1ccccc1Cl)c1cc([N+](=O)[O-])ccc1NCCC. The molecule has 0 amide bonds. The molecule has 0 radical (unpaired) electrons. The first-order valence-electron chi connectivity index (χ1n) is 7.01. The summed E-state index contributed by atoms with van der Waals surface area (Å²) < 4.78 is 0. The highest BCUT2D eigenvalue weighted by Crippen LogP contribution is 2.34. The lowest BCUT2D eigenvalue weighted by molar-refractivity contribution is -0.384. The van der Waals surface area contributed by atoms with Crippen molar-refractivity contribution in [3.05, 3.63) is 75.3 Å². The summed E-state index contributed by atoms with van der Waals surface area (Å²) in [7, 11) is 0. The van der Waals surface area contributed by atoms with Gasteiger partial charge in [0.25, 0.3) is 5.69 Å². The van der Waals surface area contributed by atoms with Gasteiger partial charge in [-0.25, -0.2) is 0 Å². The summed E-state index contributed by atoms with van der Waals surface area (Å²) >= 11 is 6.21. The van der Waals surface area contributed by atoms with Crippen molar-refractivity contribution in [2.45, 2.75) is 13.3 Å². The molecule has 0 unspecified atom stereocenters. The number of hydrogen-bond donors (Lipinski definition) is 1. The van der Waals surface area contributed by atoms with Gasteiger partial charge < -0.3 is 5.32 Å². The van der Waals surface area contributed by atoms with Crippen molar-refractivity contribution in [3.8, 4) is 0 Å². The Morgan fingerprint density at radius 2 is 2.00 bits per heavy atom. The summed E-state index contributed by atoms with van der Waals surface area (Å²) in [4.78, 5) is 10.6. The Balaban J connectivity index is 2.50. The lowest BCUT2D eigenvalue weighted by Gasteiger charge is -2.14. The van der Waals surface area contributed by atoms with Gasteiger partial charge in [-0.2, -0.15) is 0 Å². The van der Waals surface area contributed by atoms with Crippen LogP contribution in [-0.4, -0.2) is 11.5 Å². The van der Waals surface area contributed by atoms with Gasteiger partial charge in [-0.3, -0.25) is 10.1 Å². The first-order chi connectivity index (χ1) is 10.5. The van der Waals surface area contributed by atoms with Crippen molar-refractivity contribution in [1.29, 1.82) is 0 Å². The zero-order valence-electron chi connectivity index (χ0n) is 12.3. The molecule has 0 aliphatic rings. The Morgan fingerprint density at radius 1 is 1.27 bits per heavy atom. The maximum atomic E-state index is 11.0. The second kappa shape index (κ2) is 7.09. The molecule has 0 aliphatic heterocycles. The smallest absolute Gasteiger partial charge is 0.270 e. The Hall–Kier alpha value is -2.33. The molecule has 0 heterocycles. The molecule has 2 aromatic rings. The number of halogens is 1. The average molecular weight is 317 g/mol. The monoisotopic (exact) mass is 316 g/mol. The molecule has 2 rings (SSSR count). The zero-order valence-corrected chi connectivity index (χ0v) is 13.1. The molecular formula is C17H17ClN2O2. The van der Waals surface area contributed by atoms with E-state index < -0.39 is 4.92 Å². The first kappa shape index (κ1) is 16.0. The van der Waals surface area contributed by atoms with Crippen LogP contribution in [0.1, 0.15) is 24.5 Å². The van der Waals surface area contributed by atoms with Crippen molar-refractivity contribution >= 4 is 28.5 Å². The topological polar surface area (TPSA) is 55.2 Å². The summed E-state index contributed by atoms with van der Waals surface area (Å²) in [6.07, 6.45) is 0.953. The molecule has 4 nitrogen and oxygen atoms in total. The van der Waals surface area contributed by atoms with Gasteiger partial charge in [0.2, 0.25) is 0 Å². The molecule has 0 fully saturated rings. The highest BCUT2D eigenvalue weighted by atomic mass is 35.5. The van der Waals surface area contributed by atoms with E-state index in [0.29, 0.717) is 16.2 Å². The minimum atomic E-state index is -0.410. The van der Waals surface area contributed by atoms with E-state index in [4.69, 9.17) is 11.6 Å². The second-order valence-corrected chi connectivity index (χ2v) is 5.28. The molecule has 0 saturated heterocycles. The molecule has 22 heavy (non-hydrogen) atoms. The van der Waals surface area contributed by atoms with Crippen LogP contribution in [0.5, 0.6) is 0 Å². The summed E-state index contributed by atoms with van der Waals surface area (Å²) in [5, 5.41) is 14.9. The lowest BCUT2D eigenvalue weighted by Crippen LogP contribution is -2.04. The maximum absolute atomic E-state index is 11.0. The van der Waals surface area contributed by atoms with Gasteiger partial charge >= 0.3 is 0 Å². The van der Waals surface area contributed by atoms with E-state index >= 15 is 0 Å². The number of anilines is 1. The number of nitro benzene ring substituents is 1. The number of nitrogens with zero attached hydrogens (tertiary/aromatic N) is 1. The van der Waals surface area contributed by atoms with Crippen LogP contribution in [0.3, 0.4) is 0 Å². The highest BCUT2D eigenvalue weighted by Gasteiger charge is 2.15. The van der Waals surface area contributed by atoms with Gasteiger partial charge in [0.15, 0.2) is 0 Å². The van der Waals surface area contributed by atoms with Crippen LogP contribution in [-0.2, 0) is 0 Å². The van der Waals surface area contributed by atoms with Gasteiger partial charge in [0.1, 0.15) is 0 Å². The standard InChI is InChI=1S/C17H17ClN2O2/c1-3-10-19-17-9-8-13(20(21)22)11-15(17)12(2)14-6-4-5-7-16(14)18/h4-9,11,19H,2-3,10H2,1H3. The van der Waals surface area contributed by atoms with Crippen molar-refractivity contribution in [2.24, 2.45) is 0 Å². The van der Waals surface area contributed by atoms with Crippen molar-refractivity contribution in [2.75, 3.05) is 11.9 Å². The number of non-ortho nitro benzene ring substituents is 1.